The maximum absolute atomic E-state index is 10.7. The SMILES string of the molecule is O=Cc1ccc2[nH]c3cnccc3c2c1.O=Cc1ccc2oc3c(c2c1)CCCC3. The maximum Gasteiger partial charge on any atom is 0.150 e. The monoisotopic (exact) mass is 396 g/mol. The van der Waals surface area contributed by atoms with Gasteiger partial charge in [0.25, 0.3) is 0 Å². The third kappa shape index (κ3) is 3.18. The first-order valence-corrected chi connectivity index (χ1v) is 10.1. The van der Waals surface area contributed by atoms with Crippen molar-refractivity contribution in [1.29, 1.82) is 0 Å². The number of carbonyl (C=O) groups excluding carboxylic acids is 2. The standard InChI is InChI=1S/C13H12O2.C12H8N2O/c14-8-9-5-6-13-11(7-9)10-3-1-2-4-12(10)15-13;15-7-8-1-2-11-10(5-8)9-3-4-13-6-12(9)14-11/h5-8H,1-4H2;1-7,14H. The van der Waals surface area contributed by atoms with Crippen LogP contribution in [-0.4, -0.2) is 22.5 Å². The van der Waals surface area contributed by atoms with Crippen molar-refractivity contribution in [2.75, 3.05) is 0 Å². The van der Waals surface area contributed by atoms with Gasteiger partial charge in [0.2, 0.25) is 0 Å². The molecule has 1 aliphatic rings. The number of nitrogens with one attached hydrogen (secondary N) is 1. The van der Waals surface area contributed by atoms with Crippen molar-refractivity contribution in [3.63, 3.8) is 0 Å². The topological polar surface area (TPSA) is 76.0 Å². The van der Waals surface area contributed by atoms with E-state index in [1.165, 1.54) is 18.4 Å². The fraction of sp³-hybridized carbons (Fsp3) is 0.160. The largest absolute Gasteiger partial charge is 0.461 e. The van der Waals surface area contributed by atoms with Crippen molar-refractivity contribution >= 4 is 45.3 Å². The van der Waals surface area contributed by atoms with Crippen LogP contribution in [0.15, 0.2) is 59.3 Å². The summed E-state index contributed by atoms with van der Waals surface area (Å²) in [5.74, 6) is 1.12. The van der Waals surface area contributed by atoms with Crippen molar-refractivity contribution < 1.29 is 14.0 Å². The van der Waals surface area contributed by atoms with Crippen molar-refractivity contribution in [3.05, 3.63) is 77.3 Å². The van der Waals surface area contributed by atoms with Gasteiger partial charge in [0.05, 0.1) is 11.7 Å². The van der Waals surface area contributed by atoms with E-state index in [1.807, 2.05) is 36.4 Å². The first-order valence-electron chi connectivity index (χ1n) is 10.1. The van der Waals surface area contributed by atoms with Crippen LogP contribution in [0.5, 0.6) is 0 Å². The second-order valence-corrected chi connectivity index (χ2v) is 7.55. The van der Waals surface area contributed by atoms with Crippen LogP contribution in [0.25, 0.3) is 32.8 Å². The number of aldehydes is 2. The normalized spacial score (nSPS) is 13.1. The summed E-state index contributed by atoms with van der Waals surface area (Å²) in [7, 11) is 0. The molecule has 0 bridgehead atoms. The molecule has 5 aromatic rings. The zero-order valence-corrected chi connectivity index (χ0v) is 16.4. The number of aromatic amines is 1. The lowest BCUT2D eigenvalue weighted by atomic mass is 9.95. The van der Waals surface area contributed by atoms with Gasteiger partial charge in [-0.2, -0.15) is 0 Å². The second kappa shape index (κ2) is 7.59. The number of pyridine rings is 1. The van der Waals surface area contributed by atoms with E-state index in [1.54, 1.807) is 18.5 Å². The number of hydrogen-bond acceptors (Lipinski definition) is 4. The Labute approximate surface area is 172 Å². The van der Waals surface area contributed by atoms with E-state index in [2.05, 4.69) is 9.97 Å². The lowest BCUT2D eigenvalue weighted by molar-refractivity contribution is 0.111. The van der Waals surface area contributed by atoms with E-state index in [-0.39, 0.29) is 0 Å². The lowest BCUT2D eigenvalue weighted by Gasteiger charge is -2.08. The maximum atomic E-state index is 10.7. The molecular weight excluding hydrogens is 376 g/mol. The highest BCUT2D eigenvalue weighted by Gasteiger charge is 2.17. The summed E-state index contributed by atoms with van der Waals surface area (Å²) in [6.45, 7) is 0. The second-order valence-electron chi connectivity index (χ2n) is 7.55. The van der Waals surface area contributed by atoms with E-state index < -0.39 is 0 Å². The van der Waals surface area contributed by atoms with Gasteiger partial charge in [-0.1, -0.05) is 0 Å². The minimum Gasteiger partial charge on any atom is -0.461 e. The number of H-pyrrole nitrogens is 1. The van der Waals surface area contributed by atoms with Crippen molar-refractivity contribution in [2.45, 2.75) is 25.7 Å². The number of rotatable bonds is 2. The molecule has 0 saturated carbocycles. The first-order chi connectivity index (χ1) is 14.8. The summed E-state index contributed by atoms with van der Waals surface area (Å²) in [6, 6.07) is 13.2. The summed E-state index contributed by atoms with van der Waals surface area (Å²) in [5.41, 5.74) is 5.70. The average molecular weight is 396 g/mol. The molecule has 0 atom stereocenters. The summed E-state index contributed by atoms with van der Waals surface area (Å²) >= 11 is 0. The summed E-state index contributed by atoms with van der Waals surface area (Å²) < 4.78 is 5.77. The van der Waals surface area contributed by atoms with Gasteiger partial charge in [-0.05, 0) is 61.7 Å². The Bertz CT molecular complexity index is 1390. The third-order valence-electron chi connectivity index (χ3n) is 5.68. The number of furan rings is 1. The predicted octanol–water partition coefficient (Wildman–Crippen LogP) is 5.65. The number of fused-ring (bicyclic) bond motifs is 6. The fourth-order valence-corrected chi connectivity index (χ4v) is 4.19. The number of aromatic nitrogens is 2. The zero-order chi connectivity index (χ0) is 20.5. The van der Waals surface area contributed by atoms with Crippen molar-refractivity contribution in [3.8, 4) is 0 Å². The minimum atomic E-state index is 0.695. The molecule has 2 aromatic carbocycles. The molecule has 1 aliphatic carbocycles. The fourth-order valence-electron chi connectivity index (χ4n) is 4.19. The molecule has 0 saturated heterocycles. The van der Waals surface area contributed by atoms with Crippen LogP contribution >= 0.6 is 0 Å². The molecule has 1 N–H and O–H groups in total. The van der Waals surface area contributed by atoms with Gasteiger partial charge in [0.1, 0.15) is 23.9 Å². The Hall–Kier alpha value is -3.73. The van der Waals surface area contributed by atoms with E-state index in [0.717, 1.165) is 69.5 Å². The minimum absolute atomic E-state index is 0.695. The van der Waals surface area contributed by atoms with E-state index in [9.17, 15) is 9.59 Å². The van der Waals surface area contributed by atoms with Gasteiger partial charge in [-0.25, -0.2) is 0 Å². The number of hydrogen-bond donors (Lipinski definition) is 1. The van der Waals surface area contributed by atoms with E-state index >= 15 is 0 Å². The molecule has 148 valence electrons. The molecule has 30 heavy (non-hydrogen) atoms. The summed E-state index contributed by atoms with van der Waals surface area (Å²) in [4.78, 5) is 28.7. The first kappa shape index (κ1) is 18.3. The highest BCUT2D eigenvalue weighted by Crippen LogP contribution is 2.32. The molecule has 0 aliphatic heterocycles. The smallest absolute Gasteiger partial charge is 0.150 e. The lowest BCUT2D eigenvalue weighted by Crippen LogP contribution is -1.98. The molecule has 3 heterocycles. The Kier molecular flexibility index (Phi) is 4.64. The highest BCUT2D eigenvalue weighted by atomic mass is 16.3. The van der Waals surface area contributed by atoms with Crippen LogP contribution in [0.4, 0.5) is 0 Å². The summed E-state index contributed by atoms with van der Waals surface area (Å²) in [6.07, 6.45) is 9.87. The molecule has 0 radical (unpaired) electrons. The molecule has 0 amide bonds. The molecular formula is C25H20N2O3. The summed E-state index contributed by atoms with van der Waals surface area (Å²) in [5, 5.41) is 3.30. The highest BCUT2D eigenvalue weighted by molar-refractivity contribution is 6.08. The van der Waals surface area contributed by atoms with Gasteiger partial charge in [-0.15, -0.1) is 0 Å². The quantitative estimate of drug-likeness (QED) is 0.391. The Morgan fingerprint density at radius 1 is 0.833 bits per heavy atom. The number of carbonyl (C=O) groups is 2. The average Bonchev–Trinajstić information content (AvgIpc) is 3.36. The van der Waals surface area contributed by atoms with E-state index in [4.69, 9.17) is 4.42 Å². The number of nitrogens with zero attached hydrogens (tertiary/aromatic N) is 1. The van der Waals surface area contributed by atoms with Crippen molar-refractivity contribution in [1.82, 2.24) is 9.97 Å². The van der Waals surface area contributed by atoms with Crippen LogP contribution < -0.4 is 0 Å². The molecule has 6 rings (SSSR count). The molecule has 5 heteroatoms. The number of benzene rings is 2. The van der Waals surface area contributed by atoms with Crippen molar-refractivity contribution in [2.24, 2.45) is 0 Å². The van der Waals surface area contributed by atoms with Gasteiger partial charge in [0.15, 0.2) is 0 Å². The predicted molar refractivity (Wildman–Crippen MR) is 117 cm³/mol. The Morgan fingerprint density at radius 2 is 1.60 bits per heavy atom. The van der Waals surface area contributed by atoms with Crippen LogP contribution in [0.3, 0.4) is 0 Å². The number of aryl methyl sites for hydroxylation is 2. The van der Waals surface area contributed by atoms with Gasteiger partial charge < -0.3 is 9.40 Å². The van der Waals surface area contributed by atoms with Gasteiger partial charge in [0, 0.05) is 51.0 Å². The molecule has 0 unspecified atom stereocenters. The molecule has 3 aromatic heterocycles. The Morgan fingerprint density at radius 3 is 2.43 bits per heavy atom. The Balaban J connectivity index is 0.000000128. The van der Waals surface area contributed by atoms with Crippen LogP contribution in [0.1, 0.15) is 44.9 Å². The van der Waals surface area contributed by atoms with Crippen LogP contribution in [0, 0.1) is 0 Å². The van der Waals surface area contributed by atoms with Gasteiger partial charge in [-0.3, -0.25) is 14.6 Å². The molecule has 5 nitrogen and oxygen atoms in total. The van der Waals surface area contributed by atoms with E-state index in [0.29, 0.717) is 5.56 Å². The molecule has 0 spiro atoms. The van der Waals surface area contributed by atoms with Gasteiger partial charge >= 0.3 is 0 Å². The third-order valence-corrected chi connectivity index (χ3v) is 5.68. The van der Waals surface area contributed by atoms with Crippen LogP contribution in [-0.2, 0) is 12.8 Å². The zero-order valence-electron chi connectivity index (χ0n) is 16.4. The molecule has 0 fully saturated rings. The van der Waals surface area contributed by atoms with Crippen LogP contribution in [0.2, 0.25) is 0 Å².